The second-order valence-corrected chi connectivity index (χ2v) is 8.00. The van der Waals surface area contributed by atoms with E-state index in [1.807, 2.05) is 26.0 Å². The number of aromatic hydroxyl groups is 1. The summed E-state index contributed by atoms with van der Waals surface area (Å²) in [5.41, 5.74) is 3.97. The third kappa shape index (κ3) is 4.53. The molecule has 6 nitrogen and oxygen atoms in total. The molecule has 3 rings (SSSR count). The van der Waals surface area contributed by atoms with E-state index in [0.717, 1.165) is 54.5 Å². The molecule has 1 aliphatic carbocycles. The van der Waals surface area contributed by atoms with Crippen molar-refractivity contribution < 1.29 is 24.9 Å². The number of rotatable bonds is 7. The van der Waals surface area contributed by atoms with Crippen molar-refractivity contribution in [1.29, 1.82) is 0 Å². The normalized spacial score (nSPS) is 15.8. The zero-order valence-corrected chi connectivity index (χ0v) is 17.1. The van der Waals surface area contributed by atoms with Crippen LogP contribution in [0.2, 0.25) is 0 Å². The van der Waals surface area contributed by atoms with Gasteiger partial charge in [-0.1, -0.05) is 25.3 Å². The van der Waals surface area contributed by atoms with Crippen molar-refractivity contribution in [2.24, 2.45) is 0 Å². The van der Waals surface area contributed by atoms with E-state index in [0.29, 0.717) is 17.9 Å². The molecule has 0 saturated heterocycles. The number of aliphatic hydroxyl groups is 1. The van der Waals surface area contributed by atoms with Gasteiger partial charge in [0.2, 0.25) is 0 Å². The lowest BCUT2D eigenvalue weighted by molar-refractivity contribution is -0.139. The highest BCUT2D eigenvalue weighted by Crippen LogP contribution is 2.41. The standard InChI is InChI=1S/C23H29NO5/c1-15-16(2)20(29-13-21(27)28)9-6-17(15)12-18-7-8-19(26)22(24-18)23(14-25)10-4-3-5-11-23/h6-9,25-26H,3-5,10-14H2,1-2H3,(H,27,28). The largest absolute Gasteiger partial charge is 0.506 e. The molecule has 0 atom stereocenters. The van der Waals surface area contributed by atoms with Gasteiger partial charge in [0.25, 0.3) is 0 Å². The van der Waals surface area contributed by atoms with E-state index < -0.39 is 11.4 Å². The van der Waals surface area contributed by atoms with Crippen molar-refractivity contribution in [2.45, 2.75) is 57.8 Å². The smallest absolute Gasteiger partial charge is 0.341 e. The Morgan fingerprint density at radius 1 is 1.10 bits per heavy atom. The number of carboxylic acid groups (broad SMARTS) is 1. The van der Waals surface area contributed by atoms with Crippen molar-refractivity contribution in [2.75, 3.05) is 13.2 Å². The lowest BCUT2D eigenvalue weighted by atomic mass is 9.72. The number of benzene rings is 1. The van der Waals surface area contributed by atoms with Gasteiger partial charge >= 0.3 is 5.97 Å². The van der Waals surface area contributed by atoms with Gasteiger partial charge < -0.3 is 20.1 Å². The van der Waals surface area contributed by atoms with E-state index in [4.69, 9.17) is 14.8 Å². The van der Waals surface area contributed by atoms with Gasteiger partial charge in [-0.05, 0) is 61.6 Å². The third-order valence-corrected chi connectivity index (χ3v) is 6.12. The molecule has 1 aromatic heterocycles. The van der Waals surface area contributed by atoms with Crippen molar-refractivity contribution >= 4 is 5.97 Å². The summed E-state index contributed by atoms with van der Waals surface area (Å²) in [6.07, 6.45) is 5.46. The van der Waals surface area contributed by atoms with Crippen molar-refractivity contribution in [3.8, 4) is 11.5 Å². The monoisotopic (exact) mass is 399 g/mol. The van der Waals surface area contributed by atoms with E-state index in [-0.39, 0.29) is 19.0 Å². The number of carboxylic acids is 1. The van der Waals surface area contributed by atoms with Crippen LogP contribution in [0.1, 0.15) is 60.2 Å². The van der Waals surface area contributed by atoms with Crippen LogP contribution in [-0.2, 0) is 16.6 Å². The molecule has 0 bridgehead atoms. The van der Waals surface area contributed by atoms with Gasteiger partial charge in [-0.2, -0.15) is 0 Å². The van der Waals surface area contributed by atoms with Crippen LogP contribution >= 0.6 is 0 Å². The summed E-state index contributed by atoms with van der Waals surface area (Å²) in [6, 6.07) is 7.21. The molecule has 1 saturated carbocycles. The Labute approximate surface area is 171 Å². The number of ether oxygens (including phenoxy) is 1. The van der Waals surface area contributed by atoms with Crippen molar-refractivity contribution in [1.82, 2.24) is 4.98 Å². The molecule has 0 spiro atoms. The Kier molecular flexibility index (Phi) is 6.42. The van der Waals surface area contributed by atoms with Crippen LogP contribution in [0.3, 0.4) is 0 Å². The first kappa shape index (κ1) is 21.1. The SMILES string of the molecule is Cc1c(Cc2ccc(O)c(C3(CO)CCCCC3)n2)ccc(OCC(=O)O)c1C. The minimum absolute atomic E-state index is 0.00916. The van der Waals surface area contributed by atoms with Crippen LogP contribution in [0.5, 0.6) is 11.5 Å². The predicted octanol–water partition coefficient (Wildman–Crippen LogP) is 3.65. The highest BCUT2D eigenvalue weighted by atomic mass is 16.5. The zero-order chi connectivity index (χ0) is 21.0. The van der Waals surface area contributed by atoms with Gasteiger partial charge in [0.1, 0.15) is 11.5 Å². The number of aliphatic hydroxyl groups excluding tert-OH is 1. The fourth-order valence-electron chi connectivity index (χ4n) is 4.21. The second-order valence-electron chi connectivity index (χ2n) is 8.00. The average Bonchev–Trinajstić information content (AvgIpc) is 2.72. The molecular weight excluding hydrogens is 370 g/mol. The molecule has 0 amide bonds. The van der Waals surface area contributed by atoms with Crippen molar-refractivity contribution in [3.05, 3.63) is 52.3 Å². The number of nitrogens with zero attached hydrogens (tertiary/aromatic N) is 1. The molecule has 2 aromatic rings. The maximum atomic E-state index is 10.7. The van der Waals surface area contributed by atoms with E-state index in [1.165, 1.54) is 0 Å². The summed E-state index contributed by atoms with van der Waals surface area (Å²) in [5.74, 6) is -0.294. The fraction of sp³-hybridized carbons (Fsp3) is 0.478. The Morgan fingerprint density at radius 3 is 2.48 bits per heavy atom. The van der Waals surface area contributed by atoms with Crippen LogP contribution < -0.4 is 4.74 Å². The third-order valence-electron chi connectivity index (χ3n) is 6.12. The highest BCUT2D eigenvalue weighted by Gasteiger charge is 2.37. The first-order valence-electron chi connectivity index (χ1n) is 10.1. The summed E-state index contributed by atoms with van der Waals surface area (Å²) in [6.45, 7) is 3.51. The first-order valence-corrected chi connectivity index (χ1v) is 10.1. The molecule has 0 unspecified atom stereocenters. The molecular formula is C23H29NO5. The van der Waals surface area contributed by atoms with Gasteiger partial charge in [0.15, 0.2) is 6.61 Å². The fourth-order valence-corrected chi connectivity index (χ4v) is 4.21. The quantitative estimate of drug-likeness (QED) is 0.657. The summed E-state index contributed by atoms with van der Waals surface area (Å²) in [5, 5.41) is 29.4. The number of hydrogen-bond donors (Lipinski definition) is 3. The molecule has 3 N–H and O–H groups in total. The van der Waals surface area contributed by atoms with E-state index in [1.54, 1.807) is 12.1 Å². The molecule has 6 heteroatoms. The van der Waals surface area contributed by atoms with Crippen LogP contribution in [0.4, 0.5) is 0 Å². The molecule has 0 aliphatic heterocycles. The van der Waals surface area contributed by atoms with Gasteiger partial charge in [0, 0.05) is 17.5 Å². The Hall–Kier alpha value is -2.60. The zero-order valence-electron chi connectivity index (χ0n) is 17.1. The Balaban J connectivity index is 1.87. The average molecular weight is 399 g/mol. The highest BCUT2D eigenvalue weighted by molar-refractivity contribution is 5.68. The second kappa shape index (κ2) is 8.82. The van der Waals surface area contributed by atoms with E-state index >= 15 is 0 Å². The molecule has 1 aliphatic rings. The predicted molar refractivity (Wildman–Crippen MR) is 110 cm³/mol. The lowest BCUT2D eigenvalue weighted by Crippen LogP contribution is -2.34. The van der Waals surface area contributed by atoms with Gasteiger partial charge in [-0.25, -0.2) is 4.79 Å². The first-order chi connectivity index (χ1) is 13.9. The van der Waals surface area contributed by atoms with Crippen LogP contribution in [0.15, 0.2) is 24.3 Å². The van der Waals surface area contributed by atoms with Crippen LogP contribution in [-0.4, -0.2) is 39.5 Å². The number of hydrogen-bond acceptors (Lipinski definition) is 5. The molecule has 0 radical (unpaired) electrons. The Morgan fingerprint density at radius 2 is 1.83 bits per heavy atom. The lowest BCUT2D eigenvalue weighted by Gasteiger charge is -2.35. The molecule has 1 heterocycles. The summed E-state index contributed by atoms with van der Waals surface area (Å²) >= 11 is 0. The van der Waals surface area contributed by atoms with Crippen LogP contribution in [0.25, 0.3) is 0 Å². The molecule has 29 heavy (non-hydrogen) atoms. The maximum absolute atomic E-state index is 10.7. The minimum atomic E-state index is -1.01. The summed E-state index contributed by atoms with van der Waals surface area (Å²) < 4.78 is 5.35. The molecule has 1 fully saturated rings. The van der Waals surface area contributed by atoms with Gasteiger partial charge in [0.05, 0.1) is 12.3 Å². The number of carbonyl (C=O) groups is 1. The topological polar surface area (TPSA) is 99.9 Å². The van der Waals surface area contributed by atoms with Gasteiger partial charge in [-0.3, -0.25) is 4.98 Å². The number of aromatic nitrogens is 1. The van der Waals surface area contributed by atoms with Crippen LogP contribution in [0, 0.1) is 13.8 Å². The van der Waals surface area contributed by atoms with Gasteiger partial charge in [-0.15, -0.1) is 0 Å². The minimum Gasteiger partial charge on any atom is -0.506 e. The van der Waals surface area contributed by atoms with E-state index in [9.17, 15) is 15.0 Å². The number of pyridine rings is 1. The van der Waals surface area contributed by atoms with E-state index in [2.05, 4.69) is 0 Å². The number of aliphatic carboxylic acids is 1. The Bertz CT molecular complexity index is 887. The summed E-state index contributed by atoms with van der Waals surface area (Å²) in [4.78, 5) is 15.5. The van der Waals surface area contributed by atoms with Crippen molar-refractivity contribution in [3.63, 3.8) is 0 Å². The maximum Gasteiger partial charge on any atom is 0.341 e. The molecule has 1 aromatic carbocycles. The summed E-state index contributed by atoms with van der Waals surface area (Å²) in [7, 11) is 0. The molecule has 156 valence electrons.